The Kier molecular flexibility index (Phi) is 6.49. The summed E-state index contributed by atoms with van der Waals surface area (Å²) < 4.78 is 38.8. The average Bonchev–Trinajstić information content (AvgIpc) is 2.85. The van der Waals surface area contributed by atoms with Crippen molar-refractivity contribution in [1.29, 1.82) is 0 Å². The van der Waals surface area contributed by atoms with E-state index < -0.39 is 17.8 Å². The van der Waals surface area contributed by atoms with Crippen LogP contribution in [0.5, 0.6) is 0 Å². The van der Waals surface area contributed by atoms with Gasteiger partial charge in [0, 0.05) is 34.8 Å². The van der Waals surface area contributed by atoms with E-state index in [-0.39, 0.29) is 5.56 Å². The molecular weight excluding hydrogens is 461 g/mol. The number of rotatable bonds is 6. The third-order valence-electron chi connectivity index (χ3n) is 4.98. The van der Waals surface area contributed by atoms with Crippen LogP contribution < -0.4 is 10.6 Å². The number of hydrogen-bond donors (Lipinski definition) is 2. The van der Waals surface area contributed by atoms with Gasteiger partial charge in [-0.15, -0.1) is 0 Å². The van der Waals surface area contributed by atoms with Crippen molar-refractivity contribution in [3.05, 3.63) is 84.1 Å². The van der Waals surface area contributed by atoms with Crippen molar-refractivity contribution in [2.45, 2.75) is 13.1 Å². The highest BCUT2D eigenvalue weighted by molar-refractivity contribution is 6.04. The van der Waals surface area contributed by atoms with Crippen LogP contribution >= 0.6 is 0 Å². The second-order valence-electron chi connectivity index (χ2n) is 7.39. The lowest BCUT2D eigenvalue weighted by Gasteiger charge is -2.12. The van der Waals surface area contributed by atoms with E-state index >= 15 is 0 Å². The Morgan fingerprint density at radius 1 is 0.971 bits per heavy atom. The van der Waals surface area contributed by atoms with E-state index in [0.29, 0.717) is 46.5 Å². The summed E-state index contributed by atoms with van der Waals surface area (Å²) in [5, 5.41) is 5.09. The highest BCUT2D eigenvalue weighted by atomic mass is 19.4. The monoisotopic (exact) mass is 478 g/mol. The number of amides is 2. The summed E-state index contributed by atoms with van der Waals surface area (Å²) in [7, 11) is 0. The molecule has 0 radical (unpaired) electrons. The van der Waals surface area contributed by atoms with E-state index in [4.69, 9.17) is 0 Å². The SMILES string of the molecule is Cc1ccc(NC(=O)c2ccnc(C(F)(F)F)c2)cc1-c1cncc(-c2ccnc(NC=O)c2)n1. The second-order valence-corrected chi connectivity index (χ2v) is 7.39. The molecule has 3 heterocycles. The number of nitrogens with zero attached hydrogens (tertiary/aromatic N) is 4. The van der Waals surface area contributed by atoms with Crippen LogP contribution in [0.15, 0.2) is 67.3 Å². The molecule has 2 amide bonds. The van der Waals surface area contributed by atoms with Crippen LogP contribution in [0, 0.1) is 6.92 Å². The number of carbonyl (C=O) groups is 2. The minimum absolute atomic E-state index is 0.173. The molecule has 0 saturated heterocycles. The molecule has 0 bridgehead atoms. The topological polar surface area (TPSA) is 110 Å². The van der Waals surface area contributed by atoms with Crippen LogP contribution in [0.3, 0.4) is 0 Å². The summed E-state index contributed by atoms with van der Waals surface area (Å²) in [5.74, 6) is -0.352. The molecule has 3 aromatic heterocycles. The summed E-state index contributed by atoms with van der Waals surface area (Å²) in [6.07, 6.45) is 1.45. The Labute approximate surface area is 197 Å². The van der Waals surface area contributed by atoms with Crippen LogP contribution in [-0.4, -0.2) is 32.3 Å². The number of benzene rings is 1. The lowest BCUT2D eigenvalue weighted by molar-refractivity contribution is -0.141. The van der Waals surface area contributed by atoms with Gasteiger partial charge < -0.3 is 10.6 Å². The molecule has 11 heteroatoms. The molecule has 1 aromatic carbocycles. The molecule has 0 aliphatic carbocycles. The molecule has 0 fully saturated rings. The van der Waals surface area contributed by atoms with Crippen molar-refractivity contribution in [2.75, 3.05) is 10.6 Å². The lowest BCUT2D eigenvalue weighted by Crippen LogP contribution is -2.15. The molecule has 0 unspecified atom stereocenters. The molecule has 0 atom stereocenters. The molecule has 4 rings (SSSR count). The lowest BCUT2D eigenvalue weighted by atomic mass is 10.0. The fourth-order valence-electron chi connectivity index (χ4n) is 3.27. The van der Waals surface area contributed by atoms with E-state index in [0.717, 1.165) is 11.8 Å². The molecule has 8 nitrogen and oxygen atoms in total. The second kappa shape index (κ2) is 9.67. The number of nitrogens with one attached hydrogen (secondary N) is 2. The van der Waals surface area contributed by atoms with Crippen LogP contribution in [0.1, 0.15) is 21.6 Å². The first kappa shape index (κ1) is 23.5. The third-order valence-corrected chi connectivity index (χ3v) is 4.98. The highest BCUT2D eigenvalue weighted by Crippen LogP contribution is 2.29. The minimum atomic E-state index is -4.66. The number of anilines is 2. The molecule has 0 saturated carbocycles. The van der Waals surface area contributed by atoms with Gasteiger partial charge in [0.25, 0.3) is 5.91 Å². The third kappa shape index (κ3) is 5.46. The van der Waals surface area contributed by atoms with Gasteiger partial charge in [-0.1, -0.05) is 6.07 Å². The molecule has 4 aromatic rings. The number of aryl methyl sites for hydroxylation is 1. The number of hydrogen-bond acceptors (Lipinski definition) is 6. The Balaban J connectivity index is 1.62. The van der Waals surface area contributed by atoms with Crippen LogP contribution in [-0.2, 0) is 11.0 Å². The van der Waals surface area contributed by atoms with Crippen molar-refractivity contribution in [1.82, 2.24) is 19.9 Å². The zero-order valence-electron chi connectivity index (χ0n) is 18.2. The number of halogens is 3. The van der Waals surface area contributed by atoms with Crippen molar-refractivity contribution in [2.24, 2.45) is 0 Å². The van der Waals surface area contributed by atoms with Gasteiger partial charge in [0.1, 0.15) is 11.5 Å². The van der Waals surface area contributed by atoms with Gasteiger partial charge in [0.2, 0.25) is 6.41 Å². The predicted octanol–water partition coefficient (Wildman–Crippen LogP) is 4.75. The van der Waals surface area contributed by atoms with Gasteiger partial charge in [-0.05, 0) is 48.9 Å². The van der Waals surface area contributed by atoms with E-state index in [1.165, 1.54) is 12.3 Å². The maximum atomic E-state index is 12.9. The minimum Gasteiger partial charge on any atom is -0.322 e. The van der Waals surface area contributed by atoms with Gasteiger partial charge in [-0.25, -0.2) is 9.97 Å². The Morgan fingerprint density at radius 3 is 2.51 bits per heavy atom. The van der Waals surface area contributed by atoms with E-state index in [2.05, 4.69) is 30.6 Å². The molecule has 0 aliphatic heterocycles. The zero-order valence-corrected chi connectivity index (χ0v) is 18.2. The van der Waals surface area contributed by atoms with Gasteiger partial charge >= 0.3 is 6.18 Å². The molecule has 0 spiro atoms. The first-order valence-electron chi connectivity index (χ1n) is 10.2. The van der Waals surface area contributed by atoms with Gasteiger partial charge in [-0.2, -0.15) is 13.2 Å². The first-order chi connectivity index (χ1) is 16.7. The van der Waals surface area contributed by atoms with Crippen LogP contribution in [0.2, 0.25) is 0 Å². The van der Waals surface area contributed by atoms with Crippen molar-refractivity contribution in [3.8, 4) is 22.5 Å². The number of carbonyl (C=O) groups excluding carboxylic acids is 2. The Bertz CT molecular complexity index is 1410. The first-order valence-corrected chi connectivity index (χ1v) is 10.2. The quantitative estimate of drug-likeness (QED) is 0.387. The average molecular weight is 478 g/mol. The van der Waals surface area contributed by atoms with E-state index in [1.807, 2.05) is 6.92 Å². The number of alkyl halides is 3. The van der Waals surface area contributed by atoms with Crippen LogP contribution in [0.4, 0.5) is 24.7 Å². The maximum absolute atomic E-state index is 12.9. The fourth-order valence-corrected chi connectivity index (χ4v) is 3.27. The predicted molar refractivity (Wildman–Crippen MR) is 122 cm³/mol. The molecule has 176 valence electrons. The van der Waals surface area contributed by atoms with Crippen molar-refractivity contribution < 1.29 is 22.8 Å². The summed E-state index contributed by atoms with van der Waals surface area (Å²) in [4.78, 5) is 39.5. The summed E-state index contributed by atoms with van der Waals surface area (Å²) >= 11 is 0. The largest absolute Gasteiger partial charge is 0.433 e. The van der Waals surface area contributed by atoms with Crippen molar-refractivity contribution >= 4 is 23.8 Å². The molecule has 35 heavy (non-hydrogen) atoms. The Hall–Kier alpha value is -4.67. The maximum Gasteiger partial charge on any atom is 0.433 e. The van der Waals surface area contributed by atoms with Crippen LogP contribution in [0.25, 0.3) is 22.5 Å². The van der Waals surface area contributed by atoms with E-state index in [1.54, 1.807) is 42.7 Å². The molecular formula is C24H17F3N6O2. The summed E-state index contributed by atoms with van der Waals surface area (Å²) in [6, 6.07) is 10.3. The number of aromatic nitrogens is 4. The highest BCUT2D eigenvalue weighted by Gasteiger charge is 2.33. The zero-order chi connectivity index (χ0) is 25.0. The molecule has 0 aliphatic rings. The Morgan fingerprint density at radius 2 is 1.74 bits per heavy atom. The summed E-state index contributed by atoms with van der Waals surface area (Å²) in [6.45, 7) is 1.85. The fraction of sp³-hybridized carbons (Fsp3) is 0.0833. The van der Waals surface area contributed by atoms with Gasteiger partial charge in [0.05, 0.1) is 23.8 Å². The summed E-state index contributed by atoms with van der Waals surface area (Å²) in [5.41, 5.74) is 2.29. The van der Waals surface area contributed by atoms with E-state index in [9.17, 15) is 22.8 Å². The van der Waals surface area contributed by atoms with Gasteiger partial charge in [-0.3, -0.25) is 19.6 Å². The smallest absolute Gasteiger partial charge is 0.322 e. The van der Waals surface area contributed by atoms with Gasteiger partial charge in [0.15, 0.2) is 0 Å². The number of pyridine rings is 2. The molecule has 2 N–H and O–H groups in total. The standard InChI is InChI=1S/C24H17F3N6O2/c1-14-2-3-17(32-23(35)16-5-6-29-21(8-16)24(25,26)27)10-18(14)20-12-28-11-19(33-20)15-4-7-30-22(9-15)31-13-34/h2-13H,1H3,(H,32,35)(H,30,31,34). The van der Waals surface area contributed by atoms with Crippen molar-refractivity contribution in [3.63, 3.8) is 0 Å². The normalized spacial score (nSPS) is 11.1.